The van der Waals surface area contributed by atoms with E-state index < -0.39 is 0 Å². The molecule has 0 aromatic heterocycles. The SMILES string of the molecule is CCN(CC)C(=O)CCNC(=O)C1(C)CCNC1. The van der Waals surface area contributed by atoms with Crippen molar-refractivity contribution in [3.05, 3.63) is 0 Å². The Balaban J connectivity index is 2.29. The Bertz CT molecular complexity index is 295. The van der Waals surface area contributed by atoms with E-state index in [0.29, 0.717) is 13.0 Å². The number of nitrogens with zero attached hydrogens (tertiary/aromatic N) is 1. The van der Waals surface area contributed by atoms with Crippen molar-refractivity contribution in [2.75, 3.05) is 32.7 Å². The third-order valence-electron chi connectivity index (χ3n) is 3.66. The lowest BCUT2D eigenvalue weighted by Gasteiger charge is -2.22. The zero-order chi connectivity index (χ0) is 13.6. The zero-order valence-corrected chi connectivity index (χ0v) is 11.7. The molecule has 104 valence electrons. The van der Waals surface area contributed by atoms with Crippen LogP contribution in [0.2, 0.25) is 0 Å². The van der Waals surface area contributed by atoms with E-state index in [1.54, 1.807) is 4.90 Å². The Morgan fingerprint density at radius 2 is 2.00 bits per heavy atom. The molecule has 1 fully saturated rings. The van der Waals surface area contributed by atoms with Gasteiger partial charge in [0, 0.05) is 32.6 Å². The number of hydrogen-bond acceptors (Lipinski definition) is 3. The van der Waals surface area contributed by atoms with Crippen molar-refractivity contribution >= 4 is 11.8 Å². The minimum Gasteiger partial charge on any atom is -0.355 e. The summed E-state index contributed by atoms with van der Waals surface area (Å²) in [7, 11) is 0. The maximum absolute atomic E-state index is 12.0. The second-order valence-electron chi connectivity index (χ2n) is 5.06. The van der Waals surface area contributed by atoms with Gasteiger partial charge < -0.3 is 15.5 Å². The average Bonchev–Trinajstić information content (AvgIpc) is 2.79. The van der Waals surface area contributed by atoms with Gasteiger partial charge in [-0.15, -0.1) is 0 Å². The van der Waals surface area contributed by atoms with E-state index in [1.165, 1.54) is 0 Å². The van der Waals surface area contributed by atoms with E-state index in [1.807, 2.05) is 20.8 Å². The monoisotopic (exact) mass is 255 g/mol. The summed E-state index contributed by atoms with van der Waals surface area (Å²) >= 11 is 0. The highest BCUT2D eigenvalue weighted by Gasteiger charge is 2.35. The summed E-state index contributed by atoms with van der Waals surface area (Å²) in [4.78, 5) is 25.5. The fraction of sp³-hybridized carbons (Fsp3) is 0.846. The molecule has 0 saturated carbocycles. The van der Waals surface area contributed by atoms with Crippen LogP contribution in [0.15, 0.2) is 0 Å². The predicted molar refractivity (Wildman–Crippen MR) is 71.1 cm³/mol. The Hall–Kier alpha value is -1.10. The minimum atomic E-state index is -0.307. The summed E-state index contributed by atoms with van der Waals surface area (Å²) in [5.41, 5.74) is -0.307. The summed E-state index contributed by atoms with van der Waals surface area (Å²) in [6.45, 7) is 9.40. The lowest BCUT2D eigenvalue weighted by molar-refractivity contribution is -0.131. The Kier molecular flexibility index (Phi) is 5.59. The molecule has 18 heavy (non-hydrogen) atoms. The van der Waals surface area contributed by atoms with E-state index in [4.69, 9.17) is 0 Å². The molecule has 2 N–H and O–H groups in total. The molecule has 0 spiro atoms. The summed E-state index contributed by atoms with van der Waals surface area (Å²) in [6.07, 6.45) is 1.25. The first-order valence-electron chi connectivity index (χ1n) is 6.80. The summed E-state index contributed by atoms with van der Waals surface area (Å²) < 4.78 is 0. The van der Waals surface area contributed by atoms with Gasteiger partial charge in [-0.25, -0.2) is 0 Å². The largest absolute Gasteiger partial charge is 0.355 e. The van der Waals surface area contributed by atoms with Crippen molar-refractivity contribution in [3.63, 3.8) is 0 Å². The van der Waals surface area contributed by atoms with Crippen molar-refractivity contribution in [3.8, 4) is 0 Å². The van der Waals surface area contributed by atoms with Gasteiger partial charge in [-0.05, 0) is 33.7 Å². The molecule has 0 aromatic rings. The van der Waals surface area contributed by atoms with Gasteiger partial charge in [0.05, 0.1) is 5.41 Å². The molecule has 1 rings (SSSR count). The second-order valence-corrected chi connectivity index (χ2v) is 5.06. The first-order valence-corrected chi connectivity index (χ1v) is 6.80. The molecule has 1 aliphatic rings. The van der Waals surface area contributed by atoms with E-state index >= 15 is 0 Å². The van der Waals surface area contributed by atoms with Crippen LogP contribution in [0.1, 0.15) is 33.6 Å². The Labute approximate surface area is 109 Å². The molecule has 0 aromatic carbocycles. The van der Waals surface area contributed by atoms with Crippen LogP contribution >= 0.6 is 0 Å². The van der Waals surface area contributed by atoms with Gasteiger partial charge >= 0.3 is 0 Å². The second kappa shape index (κ2) is 6.73. The zero-order valence-electron chi connectivity index (χ0n) is 11.7. The summed E-state index contributed by atoms with van der Waals surface area (Å²) in [6, 6.07) is 0. The molecule has 0 bridgehead atoms. The molecule has 0 aliphatic carbocycles. The maximum atomic E-state index is 12.0. The van der Waals surface area contributed by atoms with Crippen LogP contribution in [0.25, 0.3) is 0 Å². The topological polar surface area (TPSA) is 61.4 Å². The number of nitrogens with one attached hydrogen (secondary N) is 2. The third-order valence-corrected chi connectivity index (χ3v) is 3.66. The van der Waals surface area contributed by atoms with E-state index in [0.717, 1.165) is 32.6 Å². The first kappa shape index (κ1) is 15.0. The van der Waals surface area contributed by atoms with Gasteiger partial charge in [0.25, 0.3) is 0 Å². The molecular weight excluding hydrogens is 230 g/mol. The van der Waals surface area contributed by atoms with Gasteiger partial charge in [-0.1, -0.05) is 0 Å². The molecule has 1 aliphatic heterocycles. The van der Waals surface area contributed by atoms with Crippen LogP contribution in [0.5, 0.6) is 0 Å². The van der Waals surface area contributed by atoms with Crippen LogP contribution in [0.3, 0.4) is 0 Å². The van der Waals surface area contributed by atoms with Gasteiger partial charge in [0.2, 0.25) is 11.8 Å². The fourth-order valence-corrected chi connectivity index (χ4v) is 2.24. The smallest absolute Gasteiger partial charge is 0.227 e. The fourth-order valence-electron chi connectivity index (χ4n) is 2.24. The van der Waals surface area contributed by atoms with Crippen LogP contribution in [0, 0.1) is 5.41 Å². The molecule has 1 heterocycles. The third kappa shape index (κ3) is 3.70. The summed E-state index contributed by atoms with van der Waals surface area (Å²) in [5.74, 6) is 0.162. The van der Waals surface area contributed by atoms with Crippen molar-refractivity contribution in [2.45, 2.75) is 33.6 Å². The van der Waals surface area contributed by atoms with Crippen LogP contribution in [-0.4, -0.2) is 49.4 Å². The number of carbonyl (C=O) groups is 2. The number of amides is 2. The number of rotatable bonds is 6. The molecule has 0 radical (unpaired) electrons. The highest BCUT2D eigenvalue weighted by atomic mass is 16.2. The van der Waals surface area contributed by atoms with Crippen LogP contribution < -0.4 is 10.6 Å². The molecule has 1 atom stereocenters. The highest BCUT2D eigenvalue weighted by molar-refractivity contribution is 5.83. The van der Waals surface area contributed by atoms with Crippen LogP contribution in [-0.2, 0) is 9.59 Å². The lowest BCUT2D eigenvalue weighted by Crippen LogP contribution is -2.42. The lowest BCUT2D eigenvalue weighted by atomic mass is 9.89. The van der Waals surface area contributed by atoms with E-state index in [2.05, 4.69) is 10.6 Å². The van der Waals surface area contributed by atoms with Crippen LogP contribution in [0.4, 0.5) is 0 Å². The van der Waals surface area contributed by atoms with Gasteiger partial charge in [-0.3, -0.25) is 9.59 Å². The standard InChI is InChI=1S/C13H25N3O2/c1-4-16(5-2)11(17)6-8-15-12(18)13(3)7-9-14-10-13/h14H,4-10H2,1-3H3,(H,15,18). The van der Waals surface area contributed by atoms with Gasteiger partial charge in [0.1, 0.15) is 0 Å². The van der Waals surface area contributed by atoms with Crippen molar-refractivity contribution in [1.82, 2.24) is 15.5 Å². The molecule has 5 nitrogen and oxygen atoms in total. The van der Waals surface area contributed by atoms with E-state index in [9.17, 15) is 9.59 Å². The number of hydrogen-bond donors (Lipinski definition) is 2. The van der Waals surface area contributed by atoms with Gasteiger partial charge in [0.15, 0.2) is 0 Å². The van der Waals surface area contributed by atoms with Gasteiger partial charge in [-0.2, -0.15) is 0 Å². The molecule has 1 saturated heterocycles. The highest BCUT2D eigenvalue weighted by Crippen LogP contribution is 2.24. The molecular formula is C13H25N3O2. The first-order chi connectivity index (χ1) is 8.53. The Morgan fingerprint density at radius 1 is 1.33 bits per heavy atom. The van der Waals surface area contributed by atoms with Crippen molar-refractivity contribution in [1.29, 1.82) is 0 Å². The Morgan fingerprint density at radius 3 is 2.50 bits per heavy atom. The molecule has 1 unspecified atom stereocenters. The molecule has 2 amide bonds. The maximum Gasteiger partial charge on any atom is 0.227 e. The quantitative estimate of drug-likeness (QED) is 0.720. The van der Waals surface area contributed by atoms with Crippen molar-refractivity contribution in [2.24, 2.45) is 5.41 Å². The molecule has 5 heteroatoms. The average molecular weight is 255 g/mol. The minimum absolute atomic E-state index is 0.0554. The normalized spacial score (nSPS) is 22.8. The number of carbonyl (C=O) groups excluding carboxylic acids is 2. The van der Waals surface area contributed by atoms with E-state index in [-0.39, 0.29) is 17.2 Å². The predicted octanol–water partition coefficient (Wildman–Crippen LogP) is 0.361. The van der Waals surface area contributed by atoms with Crippen molar-refractivity contribution < 1.29 is 9.59 Å². The summed E-state index contributed by atoms with van der Waals surface area (Å²) in [5, 5.41) is 6.07.